The van der Waals surface area contributed by atoms with Crippen molar-refractivity contribution in [1.82, 2.24) is 16.0 Å². The number of unbranched alkanes of at least 4 members (excludes halogenated alkanes) is 1. The Hall–Kier alpha value is -5.35. The Morgan fingerprint density at radius 2 is 1.44 bits per heavy atom. The number of hydrogen-bond donors (Lipinski definition) is 7. The molecule has 7 N–H and O–H groups in total. The zero-order valence-electron chi connectivity index (χ0n) is 41.1. The first-order valence-corrected chi connectivity index (χ1v) is 26.5. The number of Topliss-reactive ketones (excluding diaryl/α,β-unsaturated/α-hetero) is 2. The number of nitrogens with one attached hydrogen (secondary N) is 3. The number of esters is 1. The lowest BCUT2D eigenvalue weighted by Gasteiger charge is -2.47. The Balaban J connectivity index is 1.30. The van der Waals surface area contributed by atoms with Gasteiger partial charge in [0.2, 0.25) is 5.91 Å². The molecule has 20 heteroatoms. The molecule has 3 aromatic rings. The van der Waals surface area contributed by atoms with Gasteiger partial charge in [-0.2, -0.15) is 23.5 Å². The second kappa shape index (κ2) is 31.3. The maximum Gasteiger partial charge on any atom is 0.366 e. The van der Waals surface area contributed by atoms with E-state index in [0.717, 1.165) is 36.2 Å². The van der Waals surface area contributed by atoms with Crippen LogP contribution in [0.3, 0.4) is 0 Å². The van der Waals surface area contributed by atoms with Crippen LogP contribution in [0, 0.1) is 0 Å². The fourth-order valence-electron chi connectivity index (χ4n) is 7.75. The highest BCUT2D eigenvalue weighted by Gasteiger charge is 2.56. The van der Waals surface area contributed by atoms with E-state index in [2.05, 4.69) is 22.9 Å². The van der Waals surface area contributed by atoms with Crippen LogP contribution in [-0.2, 0) is 33.4 Å². The number of aliphatic hydroxyl groups excluding tert-OH is 3. The van der Waals surface area contributed by atoms with Crippen LogP contribution in [0.4, 0.5) is 0 Å². The normalized spacial score (nSPS) is 18.3. The van der Waals surface area contributed by atoms with Crippen molar-refractivity contribution in [2.75, 3.05) is 56.4 Å². The number of thioether (sulfide) groups is 2. The molecule has 0 bridgehead atoms. The van der Waals surface area contributed by atoms with Gasteiger partial charge >= 0.3 is 11.9 Å². The van der Waals surface area contributed by atoms with E-state index in [9.17, 15) is 48.9 Å². The van der Waals surface area contributed by atoms with E-state index in [4.69, 9.17) is 24.1 Å². The summed E-state index contributed by atoms with van der Waals surface area (Å²) in [4.78, 5) is 88.2. The number of carboxylic acids is 1. The first kappa shape index (κ1) is 59.2. The smallest absolute Gasteiger partial charge is 0.366 e. The number of methoxy groups -OCH3 is 1. The van der Waals surface area contributed by atoms with Crippen molar-refractivity contribution in [2.45, 2.75) is 114 Å². The number of carbonyl (C=O) groups excluding carboxylic acids is 6. The van der Waals surface area contributed by atoms with E-state index in [-0.39, 0.29) is 67.7 Å². The van der Waals surface area contributed by atoms with Gasteiger partial charge in [0.1, 0.15) is 23.7 Å². The Morgan fingerprint density at radius 3 is 2.14 bits per heavy atom. The maximum atomic E-state index is 13.5. The van der Waals surface area contributed by atoms with Crippen molar-refractivity contribution in [3.63, 3.8) is 0 Å². The summed E-state index contributed by atoms with van der Waals surface area (Å²) in [5.74, 6) is -2.95. The monoisotopic (exact) mass is 1040 g/mol. The van der Waals surface area contributed by atoms with E-state index in [1.165, 1.54) is 24.8 Å². The molecule has 0 unspecified atom stereocenters. The molecule has 18 nitrogen and oxygen atoms in total. The average Bonchev–Trinajstić information content (AvgIpc) is 3.37. The molecule has 0 saturated carbocycles. The summed E-state index contributed by atoms with van der Waals surface area (Å²) in [6, 6.07) is 19.7. The largest absolute Gasteiger partial charge is 0.492 e. The zero-order chi connectivity index (χ0) is 52.5. The predicted molar refractivity (Wildman–Crippen MR) is 273 cm³/mol. The molecule has 0 aliphatic carbocycles. The van der Waals surface area contributed by atoms with Crippen molar-refractivity contribution in [3.8, 4) is 16.9 Å². The number of aliphatic hydroxyl groups is 3. The number of carboxylic acid groups (broad SMARTS) is 1. The van der Waals surface area contributed by atoms with Crippen molar-refractivity contribution >= 4 is 64.8 Å². The molecule has 1 fully saturated rings. The number of hydrogen-bond acceptors (Lipinski definition) is 16. The minimum absolute atomic E-state index is 0.0174. The Morgan fingerprint density at radius 1 is 0.778 bits per heavy atom. The van der Waals surface area contributed by atoms with Gasteiger partial charge in [-0.05, 0) is 90.8 Å². The lowest BCUT2D eigenvalue weighted by atomic mass is 9.88. The van der Waals surface area contributed by atoms with Crippen LogP contribution >= 0.6 is 23.5 Å². The minimum atomic E-state index is -2.24. The van der Waals surface area contributed by atoms with Crippen LogP contribution in [0.2, 0.25) is 0 Å². The lowest BCUT2D eigenvalue weighted by molar-refractivity contribution is -0.311. The highest BCUT2D eigenvalue weighted by atomic mass is 32.2. The fourth-order valence-corrected chi connectivity index (χ4v) is 9.36. The predicted octanol–water partition coefficient (Wildman–Crippen LogP) is 4.99. The molecule has 72 heavy (non-hydrogen) atoms. The number of aliphatic carboxylic acids is 1. The molecular weight excluding hydrogens is 971 g/mol. The van der Waals surface area contributed by atoms with Crippen LogP contribution in [0.25, 0.3) is 11.1 Å². The van der Waals surface area contributed by atoms with E-state index in [0.29, 0.717) is 54.9 Å². The summed E-state index contributed by atoms with van der Waals surface area (Å²) < 4.78 is 23.0. The third-order valence-corrected chi connectivity index (χ3v) is 13.9. The van der Waals surface area contributed by atoms with E-state index < -0.39 is 73.0 Å². The number of amides is 3. The van der Waals surface area contributed by atoms with Crippen LogP contribution in [0.15, 0.2) is 72.8 Å². The van der Waals surface area contributed by atoms with Gasteiger partial charge in [0.05, 0.1) is 44.1 Å². The van der Waals surface area contributed by atoms with Crippen LogP contribution in [0.5, 0.6) is 5.75 Å². The van der Waals surface area contributed by atoms with E-state index >= 15 is 0 Å². The molecule has 4 rings (SSSR count). The second-order valence-corrected chi connectivity index (χ2v) is 19.6. The molecule has 0 aromatic heterocycles. The molecule has 1 saturated heterocycles. The molecule has 6 atom stereocenters. The SMILES string of the molecule is CCCSCCNC(=O)c1ccc(C(=O)CCCSCCCO[C@]2(C(=O)OC)C[C@H](O)[C@@H](NC(C)=O)[C@H]([C@H](O)[C@H](O)CNC(=O)c3ccc(-c4ccccc4)cc3)O2)c(OCCC(=O)CCCCC(=O)O)c1. The molecule has 1 aliphatic rings. The molecule has 394 valence electrons. The van der Waals surface area contributed by atoms with Crippen LogP contribution in [0.1, 0.15) is 109 Å². The van der Waals surface area contributed by atoms with Gasteiger partial charge in [0.15, 0.2) is 5.78 Å². The summed E-state index contributed by atoms with van der Waals surface area (Å²) >= 11 is 3.24. The molecule has 3 aromatic carbocycles. The van der Waals surface area contributed by atoms with Gasteiger partial charge in [0, 0.05) is 69.0 Å². The third-order valence-electron chi connectivity index (χ3n) is 11.5. The second-order valence-electron chi connectivity index (χ2n) is 17.2. The highest BCUT2D eigenvalue weighted by Crippen LogP contribution is 2.35. The Bertz CT molecular complexity index is 2230. The van der Waals surface area contributed by atoms with Gasteiger partial charge in [0.25, 0.3) is 17.6 Å². The molecule has 0 spiro atoms. The van der Waals surface area contributed by atoms with Crippen LogP contribution < -0.4 is 20.7 Å². The number of ether oxygens (including phenoxy) is 4. The number of benzene rings is 3. The lowest BCUT2D eigenvalue weighted by Crippen LogP contribution is -2.68. The summed E-state index contributed by atoms with van der Waals surface area (Å²) in [5, 5.41) is 50.6. The van der Waals surface area contributed by atoms with Crippen molar-refractivity contribution < 1.29 is 72.9 Å². The van der Waals surface area contributed by atoms with Crippen molar-refractivity contribution in [3.05, 3.63) is 89.5 Å². The third kappa shape index (κ3) is 19.2. The molecule has 3 amide bonds. The minimum Gasteiger partial charge on any atom is -0.492 e. The molecule has 0 radical (unpaired) electrons. The van der Waals surface area contributed by atoms with Gasteiger partial charge in [-0.1, -0.05) is 49.4 Å². The van der Waals surface area contributed by atoms with Crippen LogP contribution in [-0.4, -0.2) is 154 Å². The van der Waals surface area contributed by atoms with Gasteiger partial charge in [-0.15, -0.1) is 0 Å². The number of ketones is 2. The fraction of sp³-hybridized carbons (Fsp3) is 0.519. The van der Waals surface area contributed by atoms with Gasteiger partial charge in [-0.3, -0.25) is 28.8 Å². The van der Waals surface area contributed by atoms with E-state index in [1.54, 1.807) is 48.2 Å². The van der Waals surface area contributed by atoms with Gasteiger partial charge < -0.3 is 55.3 Å². The Labute approximate surface area is 429 Å². The van der Waals surface area contributed by atoms with Crippen molar-refractivity contribution in [2.24, 2.45) is 0 Å². The Kier molecular flexibility index (Phi) is 25.7. The van der Waals surface area contributed by atoms with Crippen molar-refractivity contribution in [1.29, 1.82) is 0 Å². The molecule has 1 aliphatic heterocycles. The number of rotatable bonds is 33. The summed E-state index contributed by atoms with van der Waals surface area (Å²) in [6.07, 6.45) is -4.06. The first-order chi connectivity index (χ1) is 34.6. The average molecular weight is 1040 g/mol. The number of carbonyl (C=O) groups is 7. The maximum absolute atomic E-state index is 13.5. The molecule has 1 heterocycles. The summed E-state index contributed by atoms with van der Waals surface area (Å²) in [5.41, 5.74) is 2.73. The quantitative estimate of drug-likeness (QED) is 0.0241. The molecular formula is C52H69N3O15S2. The topological polar surface area (TPSA) is 273 Å². The summed E-state index contributed by atoms with van der Waals surface area (Å²) in [6.45, 7) is 3.18. The first-order valence-electron chi connectivity index (χ1n) is 24.2. The standard InChI is InChI=1S/C52H69N3O15S2/c1-4-27-71-30-24-53-50(65)38-21-22-40(44(31-38)68-26-23-39(57)14-8-9-16-45(61)62)41(58)15-10-28-72-29-11-25-69-52(51(66)67-3)32-42(59)46(55-34(2)56)48(70-52)47(63)43(60)33-54-49(64)37-19-17-36(18-20-37)35-12-6-5-7-13-35/h5-7,12-13,17-22,31,42-43,46-48,59-60,63H,4,8-11,14-16,23-30,32-33H2,1-3H3,(H,53,65)(H,54,64)(H,55,56)(H,61,62)/t42-,43+,46+,47+,48+,52+/m0/s1. The summed E-state index contributed by atoms with van der Waals surface area (Å²) in [7, 11) is 1.09. The van der Waals surface area contributed by atoms with E-state index in [1.807, 2.05) is 30.3 Å². The van der Waals surface area contributed by atoms with Gasteiger partial charge in [-0.25, -0.2) is 4.79 Å². The zero-order valence-corrected chi connectivity index (χ0v) is 42.8. The highest BCUT2D eigenvalue weighted by molar-refractivity contribution is 7.99.